The predicted molar refractivity (Wildman–Crippen MR) is 70.5 cm³/mol. The van der Waals surface area contributed by atoms with E-state index in [1.54, 1.807) is 4.90 Å². The molecule has 6 heteroatoms. The summed E-state index contributed by atoms with van der Waals surface area (Å²) in [6.45, 7) is 6.66. The first-order valence-electron chi connectivity index (χ1n) is 6.05. The van der Waals surface area contributed by atoms with E-state index in [9.17, 15) is 9.59 Å². The Morgan fingerprint density at radius 2 is 2.22 bits per heavy atom. The second kappa shape index (κ2) is 6.18. The van der Waals surface area contributed by atoms with Crippen LogP contribution < -0.4 is 16.2 Å². The molecule has 0 saturated heterocycles. The Labute approximate surface area is 106 Å². The van der Waals surface area contributed by atoms with Crippen LogP contribution in [-0.4, -0.2) is 29.0 Å². The van der Waals surface area contributed by atoms with Gasteiger partial charge in [-0.1, -0.05) is 20.8 Å². The van der Waals surface area contributed by atoms with Crippen LogP contribution in [0, 0.1) is 5.92 Å². The largest absolute Gasteiger partial charge is 0.368 e. The van der Waals surface area contributed by atoms with E-state index < -0.39 is 5.91 Å². The molecule has 18 heavy (non-hydrogen) atoms. The molecular weight excluding hydrogens is 232 g/mol. The Bertz CT molecular complexity index is 467. The molecule has 0 spiro atoms. The molecular formula is C12H20N4O2. The highest BCUT2D eigenvalue weighted by atomic mass is 16.1. The molecule has 1 aromatic rings. The average Bonchev–Trinajstić information content (AvgIpc) is 2.26. The van der Waals surface area contributed by atoms with E-state index in [2.05, 4.69) is 9.97 Å². The van der Waals surface area contributed by atoms with Crippen molar-refractivity contribution >= 4 is 11.7 Å². The quantitative estimate of drug-likeness (QED) is 0.760. The molecule has 0 aliphatic heterocycles. The van der Waals surface area contributed by atoms with E-state index in [0.717, 1.165) is 0 Å². The van der Waals surface area contributed by atoms with E-state index in [4.69, 9.17) is 5.73 Å². The van der Waals surface area contributed by atoms with Crippen molar-refractivity contribution in [1.82, 2.24) is 9.97 Å². The van der Waals surface area contributed by atoms with Gasteiger partial charge in [-0.3, -0.25) is 9.59 Å². The number of primary amides is 1. The van der Waals surface area contributed by atoms with Crippen molar-refractivity contribution in [3.63, 3.8) is 0 Å². The van der Waals surface area contributed by atoms with Gasteiger partial charge >= 0.3 is 0 Å². The number of nitrogens with one attached hydrogen (secondary N) is 1. The van der Waals surface area contributed by atoms with Gasteiger partial charge in [-0.25, -0.2) is 4.98 Å². The summed E-state index contributed by atoms with van der Waals surface area (Å²) in [6.07, 6.45) is 0.634. The van der Waals surface area contributed by atoms with Crippen LogP contribution >= 0.6 is 0 Å². The number of aryl methyl sites for hydroxylation is 1. The number of nitrogens with two attached hydrogens (primary N) is 1. The number of nitrogens with zero attached hydrogens (tertiary/aromatic N) is 2. The van der Waals surface area contributed by atoms with Gasteiger partial charge < -0.3 is 15.6 Å². The van der Waals surface area contributed by atoms with Crippen molar-refractivity contribution in [3.8, 4) is 0 Å². The van der Waals surface area contributed by atoms with Crippen molar-refractivity contribution in [2.24, 2.45) is 11.7 Å². The highest BCUT2D eigenvalue weighted by Crippen LogP contribution is 2.10. The number of carbonyl (C=O) groups excluding carboxylic acids is 1. The van der Waals surface area contributed by atoms with Gasteiger partial charge in [-0.2, -0.15) is 0 Å². The third kappa shape index (κ3) is 4.20. The monoisotopic (exact) mass is 252 g/mol. The van der Waals surface area contributed by atoms with E-state index >= 15 is 0 Å². The summed E-state index contributed by atoms with van der Waals surface area (Å²) in [7, 11) is 0. The van der Waals surface area contributed by atoms with E-state index in [-0.39, 0.29) is 12.1 Å². The molecule has 1 rings (SSSR count). The zero-order valence-electron chi connectivity index (χ0n) is 11.1. The van der Waals surface area contributed by atoms with Crippen LogP contribution in [0.3, 0.4) is 0 Å². The van der Waals surface area contributed by atoms with Crippen LogP contribution in [-0.2, 0) is 11.2 Å². The fourth-order valence-electron chi connectivity index (χ4n) is 1.69. The molecule has 0 unspecified atom stereocenters. The van der Waals surface area contributed by atoms with Crippen LogP contribution in [0.25, 0.3) is 0 Å². The number of H-pyrrole nitrogens is 1. The number of amides is 1. The third-order valence-corrected chi connectivity index (χ3v) is 2.37. The van der Waals surface area contributed by atoms with Gasteiger partial charge in [0.1, 0.15) is 11.6 Å². The fraction of sp³-hybridized carbons (Fsp3) is 0.583. The molecule has 1 amide bonds. The van der Waals surface area contributed by atoms with Gasteiger partial charge in [0.2, 0.25) is 5.91 Å². The molecule has 6 nitrogen and oxygen atoms in total. The van der Waals surface area contributed by atoms with Gasteiger partial charge in [-0.15, -0.1) is 0 Å². The van der Waals surface area contributed by atoms with Crippen LogP contribution in [0.5, 0.6) is 0 Å². The van der Waals surface area contributed by atoms with Gasteiger partial charge in [-0.05, 0) is 5.92 Å². The number of hydrogen-bond acceptors (Lipinski definition) is 4. The summed E-state index contributed by atoms with van der Waals surface area (Å²) >= 11 is 0. The predicted octanol–water partition coefficient (Wildman–Crippen LogP) is 0.280. The molecule has 0 saturated carbocycles. The smallest absolute Gasteiger partial charge is 0.252 e. The normalized spacial score (nSPS) is 10.7. The number of rotatable bonds is 6. The van der Waals surface area contributed by atoms with E-state index in [0.29, 0.717) is 30.5 Å². The van der Waals surface area contributed by atoms with E-state index in [1.165, 1.54) is 6.07 Å². The van der Waals surface area contributed by atoms with Gasteiger partial charge in [0.25, 0.3) is 5.56 Å². The molecule has 0 aliphatic carbocycles. The first kappa shape index (κ1) is 14.2. The Balaban J connectivity index is 3.06. The number of aromatic nitrogens is 2. The summed E-state index contributed by atoms with van der Waals surface area (Å²) in [4.78, 5) is 31.3. The summed E-state index contributed by atoms with van der Waals surface area (Å²) in [5.41, 5.74) is 5.01. The maximum Gasteiger partial charge on any atom is 0.252 e. The van der Waals surface area contributed by atoms with Crippen LogP contribution in [0.4, 0.5) is 5.82 Å². The fourth-order valence-corrected chi connectivity index (χ4v) is 1.69. The topological polar surface area (TPSA) is 92.1 Å². The first-order valence-corrected chi connectivity index (χ1v) is 6.05. The third-order valence-electron chi connectivity index (χ3n) is 2.37. The Kier molecular flexibility index (Phi) is 4.88. The van der Waals surface area contributed by atoms with Crippen molar-refractivity contribution < 1.29 is 4.79 Å². The number of hydrogen-bond donors (Lipinski definition) is 2. The highest BCUT2D eigenvalue weighted by molar-refractivity contribution is 5.79. The molecule has 1 heterocycles. The Morgan fingerprint density at radius 3 is 2.72 bits per heavy atom. The second-order valence-corrected chi connectivity index (χ2v) is 4.64. The molecule has 0 bridgehead atoms. The Morgan fingerprint density at radius 1 is 1.56 bits per heavy atom. The lowest BCUT2D eigenvalue weighted by molar-refractivity contribution is -0.116. The molecule has 1 aromatic heterocycles. The van der Waals surface area contributed by atoms with Crippen molar-refractivity contribution in [2.45, 2.75) is 27.2 Å². The minimum atomic E-state index is -0.434. The number of carbonyl (C=O) groups is 1. The number of aromatic amines is 1. The molecule has 0 aliphatic rings. The van der Waals surface area contributed by atoms with Gasteiger partial charge in [0, 0.05) is 19.0 Å². The minimum Gasteiger partial charge on any atom is -0.368 e. The van der Waals surface area contributed by atoms with Crippen molar-refractivity contribution in [3.05, 3.63) is 22.2 Å². The average molecular weight is 252 g/mol. The molecule has 3 N–H and O–H groups in total. The molecule has 0 fully saturated rings. The minimum absolute atomic E-state index is 0.0672. The summed E-state index contributed by atoms with van der Waals surface area (Å²) in [6, 6.07) is 1.39. The lowest BCUT2D eigenvalue weighted by Gasteiger charge is -2.24. The van der Waals surface area contributed by atoms with Crippen molar-refractivity contribution in [2.75, 3.05) is 18.0 Å². The standard InChI is InChI=1S/C12H20N4O2/c1-4-10-14-11(5-12(18)15-10)16(6-8(2)3)7-9(13)17/h5,8H,4,6-7H2,1-3H3,(H2,13,17)(H,14,15,18). The van der Waals surface area contributed by atoms with E-state index in [1.807, 2.05) is 20.8 Å². The SMILES string of the molecule is CCc1nc(N(CC(N)=O)CC(C)C)cc(=O)[nH]1. The first-order chi connectivity index (χ1) is 8.42. The maximum absolute atomic E-state index is 11.5. The summed E-state index contributed by atoms with van der Waals surface area (Å²) < 4.78 is 0. The molecule has 0 aromatic carbocycles. The van der Waals surface area contributed by atoms with Crippen LogP contribution in [0.1, 0.15) is 26.6 Å². The number of anilines is 1. The lowest BCUT2D eigenvalue weighted by atomic mass is 10.2. The molecule has 100 valence electrons. The summed E-state index contributed by atoms with van der Waals surface area (Å²) in [5, 5.41) is 0. The van der Waals surface area contributed by atoms with Crippen molar-refractivity contribution in [1.29, 1.82) is 0 Å². The van der Waals surface area contributed by atoms with Gasteiger partial charge in [0.15, 0.2) is 0 Å². The summed E-state index contributed by atoms with van der Waals surface area (Å²) in [5.74, 6) is 1.02. The zero-order valence-corrected chi connectivity index (χ0v) is 11.1. The highest BCUT2D eigenvalue weighted by Gasteiger charge is 2.14. The molecule has 0 radical (unpaired) electrons. The molecule has 0 atom stereocenters. The van der Waals surface area contributed by atoms with Gasteiger partial charge in [0.05, 0.1) is 6.54 Å². The van der Waals surface area contributed by atoms with Crippen LogP contribution in [0.15, 0.2) is 10.9 Å². The second-order valence-electron chi connectivity index (χ2n) is 4.64. The maximum atomic E-state index is 11.5. The zero-order chi connectivity index (χ0) is 13.7. The lowest BCUT2D eigenvalue weighted by Crippen LogP contribution is -2.37. The Hall–Kier alpha value is -1.85. The van der Waals surface area contributed by atoms with Crippen LogP contribution in [0.2, 0.25) is 0 Å².